The zero-order valence-electron chi connectivity index (χ0n) is 11.4. The molecular formula is C16H17NOS2. The summed E-state index contributed by atoms with van der Waals surface area (Å²) in [4.78, 5) is 14.9. The predicted octanol–water partition coefficient (Wildman–Crippen LogP) is 4.41. The van der Waals surface area contributed by atoms with Crippen molar-refractivity contribution in [2.24, 2.45) is 5.92 Å². The van der Waals surface area contributed by atoms with Crippen molar-refractivity contribution in [2.45, 2.75) is 38.5 Å². The zero-order chi connectivity index (χ0) is 13.7. The van der Waals surface area contributed by atoms with Gasteiger partial charge in [-0.2, -0.15) is 0 Å². The van der Waals surface area contributed by atoms with Gasteiger partial charge < -0.3 is 5.32 Å². The SMILES string of the molecule is CC1CCc2c(sc3c2C(c2cccs2)CC(=O)N3)C1. The third-order valence-electron chi connectivity index (χ3n) is 4.43. The van der Waals surface area contributed by atoms with Gasteiger partial charge in [-0.25, -0.2) is 0 Å². The van der Waals surface area contributed by atoms with E-state index in [0.717, 1.165) is 10.9 Å². The molecule has 104 valence electrons. The summed E-state index contributed by atoms with van der Waals surface area (Å²) < 4.78 is 0. The van der Waals surface area contributed by atoms with Crippen molar-refractivity contribution in [3.05, 3.63) is 38.4 Å². The number of carbonyl (C=O) groups is 1. The maximum Gasteiger partial charge on any atom is 0.225 e. The molecule has 4 heteroatoms. The Morgan fingerprint density at radius 3 is 3.05 bits per heavy atom. The van der Waals surface area contributed by atoms with E-state index in [1.165, 1.54) is 34.6 Å². The highest BCUT2D eigenvalue weighted by molar-refractivity contribution is 7.16. The summed E-state index contributed by atoms with van der Waals surface area (Å²) in [5.41, 5.74) is 2.97. The van der Waals surface area contributed by atoms with Crippen LogP contribution in [0, 0.1) is 5.92 Å². The molecule has 2 unspecified atom stereocenters. The summed E-state index contributed by atoms with van der Waals surface area (Å²) in [6.07, 6.45) is 4.24. The molecule has 2 aromatic heterocycles. The van der Waals surface area contributed by atoms with Gasteiger partial charge in [-0.05, 0) is 47.8 Å². The lowest BCUT2D eigenvalue weighted by Crippen LogP contribution is -2.23. The first kappa shape index (κ1) is 12.6. The van der Waals surface area contributed by atoms with E-state index in [0.29, 0.717) is 6.42 Å². The number of fused-ring (bicyclic) bond motifs is 3. The van der Waals surface area contributed by atoms with E-state index in [-0.39, 0.29) is 11.8 Å². The van der Waals surface area contributed by atoms with Crippen LogP contribution >= 0.6 is 22.7 Å². The molecule has 0 fully saturated rings. The smallest absolute Gasteiger partial charge is 0.225 e. The average molecular weight is 303 g/mol. The Labute approximate surface area is 126 Å². The Kier molecular flexibility index (Phi) is 2.97. The van der Waals surface area contributed by atoms with E-state index < -0.39 is 0 Å². The molecular weight excluding hydrogens is 286 g/mol. The maximum atomic E-state index is 12.0. The van der Waals surface area contributed by atoms with Gasteiger partial charge in [0, 0.05) is 22.1 Å². The molecule has 1 aliphatic heterocycles. The van der Waals surface area contributed by atoms with Gasteiger partial charge in [0.1, 0.15) is 0 Å². The fraction of sp³-hybridized carbons (Fsp3) is 0.438. The first-order valence-electron chi connectivity index (χ1n) is 7.20. The second-order valence-electron chi connectivity index (χ2n) is 5.91. The van der Waals surface area contributed by atoms with Crippen LogP contribution in [0.5, 0.6) is 0 Å². The van der Waals surface area contributed by atoms with E-state index in [2.05, 4.69) is 29.8 Å². The fourth-order valence-electron chi connectivity index (χ4n) is 3.43. The number of nitrogens with one attached hydrogen (secondary N) is 1. The van der Waals surface area contributed by atoms with Crippen molar-refractivity contribution in [1.29, 1.82) is 0 Å². The summed E-state index contributed by atoms with van der Waals surface area (Å²) in [6, 6.07) is 4.26. The molecule has 2 nitrogen and oxygen atoms in total. The zero-order valence-corrected chi connectivity index (χ0v) is 13.1. The molecule has 2 atom stereocenters. The molecule has 1 N–H and O–H groups in total. The van der Waals surface area contributed by atoms with Gasteiger partial charge in [-0.3, -0.25) is 4.79 Å². The number of anilines is 1. The van der Waals surface area contributed by atoms with Crippen LogP contribution in [0.1, 0.15) is 46.6 Å². The molecule has 0 radical (unpaired) electrons. The molecule has 2 aliphatic rings. The highest BCUT2D eigenvalue weighted by atomic mass is 32.1. The van der Waals surface area contributed by atoms with Crippen LogP contribution in [0.4, 0.5) is 5.00 Å². The van der Waals surface area contributed by atoms with E-state index >= 15 is 0 Å². The van der Waals surface area contributed by atoms with Crippen molar-refractivity contribution in [2.75, 3.05) is 5.32 Å². The van der Waals surface area contributed by atoms with E-state index in [9.17, 15) is 4.79 Å². The van der Waals surface area contributed by atoms with E-state index in [1.54, 1.807) is 16.9 Å². The largest absolute Gasteiger partial charge is 0.317 e. The first-order valence-corrected chi connectivity index (χ1v) is 8.89. The number of rotatable bonds is 1. The van der Waals surface area contributed by atoms with E-state index in [4.69, 9.17) is 0 Å². The average Bonchev–Trinajstić information content (AvgIpc) is 3.03. The Morgan fingerprint density at radius 1 is 1.35 bits per heavy atom. The van der Waals surface area contributed by atoms with Crippen molar-refractivity contribution in [3.63, 3.8) is 0 Å². The molecule has 0 bridgehead atoms. The van der Waals surface area contributed by atoms with Crippen molar-refractivity contribution >= 4 is 33.6 Å². The summed E-state index contributed by atoms with van der Waals surface area (Å²) >= 11 is 3.59. The standard InChI is InChI=1S/C16H17NOS2/c1-9-4-5-10-13(7-9)20-16-15(10)11(8-14(18)17-16)12-3-2-6-19-12/h2-3,6,9,11H,4-5,7-8H2,1H3,(H,17,18). The molecule has 0 spiro atoms. The normalized spacial score (nSPS) is 24.9. The molecule has 1 aliphatic carbocycles. The molecule has 3 heterocycles. The van der Waals surface area contributed by atoms with Crippen molar-refractivity contribution in [3.8, 4) is 0 Å². The van der Waals surface area contributed by atoms with Crippen molar-refractivity contribution < 1.29 is 4.79 Å². The minimum absolute atomic E-state index is 0.169. The van der Waals surface area contributed by atoms with Crippen molar-refractivity contribution in [1.82, 2.24) is 0 Å². The third kappa shape index (κ3) is 1.93. The van der Waals surface area contributed by atoms with Crippen LogP contribution in [0.15, 0.2) is 17.5 Å². The molecule has 1 amide bonds. The van der Waals surface area contributed by atoms with Crippen LogP contribution < -0.4 is 5.32 Å². The molecule has 4 rings (SSSR count). The molecule has 20 heavy (non-hydrogen) atoms. The van der Waals surface area contributed by atoms with Gasteiger partial charge in [-0.15, -0.1) is 22.7 Å². The van der Waals surface area contributed by atoms with Crippen LogP contribution in [0.2, 0.25) is 0 Å². The quantitative estimate of drug-likeness (QED) is 0.830. The lowest BCUT2D eigenvalue weighted by Gasteiger charge is -2.25. The Hall–Kier alpha value is -1.13. The summed E-state index contributed by atoms with van der Waals surface area (Å²) in [5, 5.41) is 6.35. The summed E-state index contributed by atoms with van der Waals surface area (Å²) in [7, 11) is 0. The van der Waals surface area contributed by atoms with Crippen LogP contribution in [-0.2, 0) is 17.6 Å². The summed E-state index contributed by atoms with van der Waals surface area (Å²) in [6.45, 7) is 2.33. The number of thiophene rings is 2. The monoisotopic (exact) mass is 303 g/mol. The Balaban J connectivity index is 1.85. The second-order valence-corrected chi connectivity index (χ2v) is 8.00. The van der Waals surface area contributed by atoms with Crippen LogP contribution in [0.25, 0.3) is 0 Å². The highest BCUT2D eigenvalue weighted by Gasteiger charge is 2.34. The van der Waals surface area contributed by atoms with Gasteiger partial charge >= 0.3 is 0 Å². The van der Waals surface area contributed by atoms with Gasteiger partial charge in [0.2, 0.25) is 5.91 Å². The van der Waals surface area contributed by atoms with E-state index in [1.807, 2.05) is 11.3 Å². The maximum absolute atomic E-state index is 12.0. The number of hydrogen-bond acceptors (Lipinski definition) is 3. The van der Waals surface area contributed by atoms with Crippen LogP contribution in [-0.4, -0.2) is 5.91 Å². The highest BCUT2D eigenvalue weighted by Crippen LogP contribution is 2.48. The minimum Gasteiger partial charge on any atom is -0.317 e. The lowest BCUT2D eigenvalue weighted by atomic mass is 9.82. The Morgan fingerprint density at radius 2 is 2.25 bits per heavy atom. The minimum atomic E-state index is 0.169. The third-order valence-corrected chi connectivity index (χ3v) is 6.60. The summed E-state index contributed by atoms with van der Waals surface area (Å²) in [5.74, 6) is 1.23. The lowest BCUT2D eigenvalue weighted by molar-refractivity contribution is -0.116. The number of carbonyl (C=O) groups excluding carboxylic acids is 1. The second kappa shape index (κ2) is 4.71. The van der Waals surface area contributed by atoms with Gasteiger partial charge in [0.05, 0.1) is 5.00 Å². The number of amides is 1. The molecule has 0 saturated carbocycles. The molecule has 0 aromatic carbocycles. The molecule has 2 aromatic rings. The van der Waals surface area contributed by atoms with Gasteiger partial charge in [0.15, 0.2) is 0 Å². The topological polar surface area (TPSA) is 29.1 Å². The predicted molar refractivity (Wildman–Crippen MR) is 84.9 cm³/mol. The fourth-order valence-corrected chi connectivity index (χ4v) is 5.76. The van der Waals surface area contributed by atoms with Crippen LogP contribution in [0.3, 0.4) is 0 Å². The first-order chi connectivity index (χ1) is 9.72. The number of hydrogen-bond donors (Lipinski definition) is 1. The Bertz CT molecular complexity index is 656. The van der Waals surface area contributed by atoms with Gasteiger partial charge in [-0.1, -0.05) is 13.0 Å². The van der Waals surface area contributed by atoms with Gasteiger partial charge in [0.25, 0.3) is 0 Å². The molecule has 0 saturated heterocycles.